The number of carbonyl (C=O) groups is 1. The number of aromatic nitrogens is 2. The second-order valence-electron chi connectivity index (χ2n) is 7.05. The summed E-state index contributed by atoms with van der Waals surface area (Å²) in [6.07, 6.45) is 8.10. The van der Waals surface area contributed by atoms with E-state index in [4.69, 9.17) is 9.72 Å². The standard InChI is InChI=1S/C21H24N4O2S/c1-22-20(26)18-9-7-14(12-23-18)13-27-16-8-10-17-19(11-16)28-21(25-17)24-15-5-3-2-4-6-15/h7-12,15H,2-6,13H2,1H3,(H,22,26)(H,24,25). The van der Waals surface area contributed by atoms with Crippen molar-refractivity contribution in [2.75, 3.05) is 12.4 Å². The van der Waals surface area contributed by atoms with Crippen LogP contribution in [0.3, 0.4) is 0 Å². The Labute approximate surface area is 168 Å². The van der Waals surface area contributed by atoms with E-state index in [1.807, 2.05) is 24.3 Å². The Morgan fingerprint density at radius 1 is 1.21 bits per heavy atom. The molecule has 2 heterocycles. The molecule has 6 nitrogen and oxygen atoms in total. The first-order valence-corrected chi connectivity index (χ1v) is 10.5. The summed E-state index contributed by atoms with van der Waals surface area (Å²) in [5.41, 5.74) is 2.30. The lowest BCUT2D eigenvalue weighted by molar-refractivity contribution is 0.0958. The van der Waals surface area contributed by atoms with E-state index in [0.717, 1.165) is 26.7 Å². The molecule has 0 spiro atoms. The summed E-state index contributed by atoms with van der Waals surface area (Å²) in [5.74, 6) is 0.608. The third-order valence-electron chi connectivity index (χ3n) is 4.98. The highest BCUT2D eigenvalue weighted by Gasteiger charge is 2.15. The third-order valence-corrected chi connectivity index (χ3v) is 5.93. The summed E-state index contributed by atoms with van der Waals surface area (Å²) in [6, 6.07) is 10.1. The fourth-order valence-corrected chi connectivity index (χ4v) is 4.39. The maximum atomic E-state index is 11.5. The second-order valence-corrected chi connectivity index (χ2v) is 8.08. The fraction of sp³-hybridized carbons (Fsp3) is 0.381. The minimum absolute atomic E-state index is 0.194. The van der Waals surface area contributed by atoms with Gasteiger partial charge in [0, 0.05) is 24.8 Å². The molecule has 0 saturated heterocycles. The van der Waals surface area contributed by atoms with Crippen molar-refractivity contribution in [3.05, 3.63) is 47.8 Å². The lowest BCUT2D eigenvalue weighted by Crippen LogP contribution is -2.21. The quantitative estimate of drug-likeness (QED) is 0.647. The van der Waals surface area contributed by atoms with E-state index in [1.165, 1.54) is 32.1 Å². The molecule has 28 heavy (non-hydrogen) atoms. The van der Waals surface area contributed by atoms with Gasteiger partial charge in [0.1, 0.15) is 18.1 Å². The highest BCUT2D eigenvalue weighted by molar-refractivity contribution is 7.22. The van der Waals surface area contributed by atoms with Crippen molar-refractivity contribution in [3.8, 4) is 5.75 Å². The number of anilines is 1. The molecule has 3 aromatic rings. The van der Waals surface area contributed by atoms with Crippen LogP contribution >= 0.6 is 11.3 Å². The molecule has 2 N–H and O–H groups in total. The lowest BCUT2D eigenvalue weighted by atomic mass is 9.96. The van der Waals surface area contributed by atoms with Crippen LogP contribution in [-0.2, 0) is 6.61 Å². The maximum Gasteiger partial charge on any atom is 0.269 e. The van der Waals surface area contributed by atoms with Gasteiger partial charge in [0.2, 0.25) is 0 Å². The molecule has 1 saturated carbocycles. The average molecular weight is 397 g/mol. The third kappa shape index (κ3) is 4.42. The van der Waals surface area contributed by atoms with Gasteiger partial charge in [-0.25, -0.2) is 4.98 Å². The first-order valence-electron chi connectivity index (χ1n) is 9.68. The molecule has 0 aliphatic heterocycles. The molecule has 1 fully saturated rings. The van der Waals surface area contributed by atoms with Crippen LogP contribution in [0.2, 0.25) is 0 Å². The average Bonchev–Trinajstić information content (AvgIpc) is 3.14. The Kier molecular flexibility index (Phi) is 5.71. The predicted molar refractivity (Wildman–Crippen MR) is 112 cm³/mol. The predicted octanol–water partition coefficient (Wildman–Crippen LogP) is 4.37. The number of hydrogen-bond donors (Lipinski definition) is 2. The van der Waals surface area contributed by atoms with Crippen molar-refractivity contribution in [2.24, 2.45) is 0 Å². The molecule has 146 valence electrons. The van der Waals surface area contributed by atoms with Crippen molar-refractivity contribution in [1.29, 1.82) is 0 Å². The zero-order valence-corrected chi connectivity index (χ0v) is 16.7. The molecular weight excluding hydrogens is 372 g/mol. The number of benzene rings is 1. The van der Waals surface area contributed by atoms with Crippen LogP contribution < -0.4 is 15.4 Å². The van der Waals surface area contributed by atoms with Gasteiger partial charge in [-0.2, -0.15) is 0 Å². The number of nitrogens with one attached hydrogen (secondary N) is 2. The second kappa shape index (κ2) is 8.56. The van der Waals surface area contributed by atoms with E-state index in [2.05, 4.69) is 15.6 Å². The van der Waals surface area contributed by atoms with Gasteiger partial charge < -0.3 is 15.4 Å². The highest BCUT2D eigenvalue weighted by atomic mass is 32.1. The number of hydrogen-bond acceptors (Lipinski definition) is 6. The summed E-state index contributed by atoms with van der Waals surface area (Å²) in [4.78, 5) is 20.4. The molecule has 0 bridgehead atoms. The topological polar surface area (TPSA) is 76.1 Å². The van der Waals surface area contributed by atoms with E-state index in [-0.39, 0.29) is 5.91 Å². The number of amides is 1. The first kappa shape index (κ1) is 18.7. The minimum atomic E-state index is -0.194. The zero-order valence-electron chi connectivity index (χ0n) is 15.9. The number of fused-ring (bicyclic) bond motifs is 1. The van der Waals surface area contributed by atoms with Gasteiger partial charge in [-0.1, -0.05) is 36.7 Å². The highest BCUT2D eigenvalue weighted by Crippen LogP contribution is 2.31. The summed E-state index contributed by atoms with van der Waals surface area (Å²) in [5, 5.41) is 7.15. The smallest absolute Gasteiger partial charge is 0.269 e. The van der Waals surface area contributed by atoms with Gasteiger partial charge in [0.05, 0.1) is 10.2 Å². The first-order chi connectivity index (χ1) is 13.7. The van der Waals surface area contributed by atoms with Crippen molar-refractivity contribution in [3.63, 3.8) is 0 Å². The SMILES string of the molecule is CNC(=O)c1ccc(COc2ccc3nc(NC4CCCCC4)sc3c2)cn1. The molecular formula is C21H24N4O2S. The number of carbonyl (C=O) groups excluding carboxylic acids is 1. The molecule has 1 aliphatic carbocycles. The van der Waals surface area contributed by atoms with Crippen molar-refractivity contribution in [1.82, 2.24) is 15.3 Å². The van der Waals surface area contributed by atoms with Crippen LogP contribution in [0.15, 0.2) is 36.5 Å². The van der Waals surface area contributed by atoms with Crippen molar-refractivity contribution in [2.45, 2.75) is 44.8 Å². The zero-order chi connectivity index (χ0) is 19.3. The van der Waals surface area contributed by atoms with Crippen LogP contribution in [-0.4, -0.2) is 29.0 Å². The van der Waals surface area contributed by atoms with Gasteiger partial charge in [0.15, 0.2) is 5.13 Å². The Bertz CT molecular complexity index is 949. The lowest BCUT2D eigenvalue weighted by Gasteiger charge is -2.22. The number of pyridine rings is 1. The fourth-order valence-electron chi connectivity index (χ4n) is 3.42. The Morgan fingerprint density at radius 2 is 2.07 bits per heavy atom. The molecule has 1 aromatic carbocycles. The van der Waals surface area contributed by atoms with E-state index in [1.54, 1.807) is 30.6 Å². The van der Waals surface area contributed by atoms with Crippen LogP contribution in [0.1, 0.15) is 48.2 Å². The summed E-state index contributed by atoms with van der Waals surface area (Å²) in [7, 11) is 1.59. The normalized spacial score (nSPS) is 14.8. The monoisotopic (exact) mass is 396 g/mol. The van der Waals surface area contributed by atoms with Crippen LogP contribution in [0.5, 0.6) is 5.75 Å². The van der Waals surface area contributed by atoms with Crippen molar-refractivity contribution >= 4 is 32.6 Å². The van der Waals surface area contributed by atoms with Crippen LogP contribution in [0, 0.1) is 0 Å². The summed E-state index contributed by atoms with van der Waals surface area (Å²) in [6.45, 7) is 0.401. The largest absolute Gasteiger partial charge is 0.489 e. The number of ether oxygens (including phenoxy) is 1. The maximum absolute atomic E-state index is 11.5. The Morgan fingerprint density at radius 3 is 2.82 bits per heavy atom. The molecule has 1 amide bonds. The minimum Gasteiger partial charge on any atom is -0.489 e. The molecule has 1 aliphatic rings. The van der Waals surface area contributed by atoms with Gasteiger partial charge >= 0.3 is 0 Å². The van der Waals surface area contributed by atoms with Gasteiger partial charge in [-0.15, -0.1) is 0 Å². The van der Waals surface area contributed by atoms with Crippen LogP contribution in [0.4, 0.5) is 5.13 Å². The molecule has 0 atom stereocenters. The van der Waals surface area contributed by atoms with Gasteiger partial charge in [-0.3, -0.25) is 9.78 Å². The molecule has 4 rings (SSSR count). The molecule has 7 heteroatoms. The van der Waals surface area contributed by atoms with E-state index >= 15 is 0 Å². The van der Waals surface area contributed by atoms with Gasteiger partial charge in [0.25, 0.3) is 5.91 Å². The van der Waals surface area contributed by atoms with E-state index in [0.29, 0.717) is 18.3 Å². The summed E-state index contributed by atoms with van der Waals surface area (Å²) >= 11 is 1.68. The summed E-state index contributed by atoms with van der Waals surface area (Å²) < 4.78 is 7.02. The number of nitrogens with zero attached hydrogens (tertiary/aromatic N) is 2. The number of rotatable bonds is 6. The molecule has 2 aromatic heterocycles. The Hall–Kier alpha value is -2.67. The van der Waals surface area contributed by atoms with Crippen molar-refractivity contribution < 1.29 is 9.53 Å². The molecule has 0 radical (unpaired) electrons. The van der Waals surface area contributed by atoms with E-state index < -0.39 is 0 Å². The van der Waals surface area contributed by atoms with Gasteiger partial charge in [-0.05, 0) is 37.1 Å². The molecule has 0 unspecified atom stereocenters. The van der Waals surface area contributed by atoms with Crippen LogP contribution in [0.25, 0.3) is 10.2 Å². The van der Waals surface area contributed by atoms with E-state index in [9.17, 15) is 4.79 Å². The Balaban J connectivity index is 1.39. The number of thiazole rings is 1.